The number of anilines is 1. The molecule has 33 heavy (non-hydrogen) atoms. The molecule has 7 heteroatoms. The van der Waals surface area contributed by atoms with Crippen molar-refractivity contribution in [2.75, 3.05) is 25.0 Å². The summed E-state index contributed by atoms with van der Waals surface area (Å²) in [6.07, 6.45) is 2.32. The summed E-state index contributed by atoms with van der Waals surface area (Å²) in [4.78, 5) is 29.6. The number of rotatable bonds is 11. The van der Waals surface area contributed by atoms with Crippen LogP contribution in [0.25, 0.3) is 0 Å². The van der Waals surface area contributed by atoms with E-state index >= 15 is 0 Å². The molecule has 0 aliphatic heterocycles. The first-order valence-electron chi connectivity index (χ1n) is 11.2. The Morgan fingerprint density at radius 3 is 2.36 bits per heavy atom. The molecular formula is C26H31N3O4. The highest BCUT2D eigenvalue weighted by molar-refractivity contribution is 5.93. The predicted octanol–water partition coefficient (Wildman–Crippen LogP) is 5.15. The zero-order valence-corrected chi connectivity index (χ0v) is 19.2. The van der Waals surface area contributed by atoms with Crippen LogP contribution in [0.3, 0.4) is 0 Å². The average molecular weight is 450 g/mol. The summed E-state index contributed by atoms with van der Waals surface area (Å²) >= 11 is 0. The van der Waals surface area contributed by atoms with Crippen LogP contribution in [0.5, 0.6) is 5.75 Å². The van der Waals surface area contributed by atoms with E-state index in [1.165, 1.54) is 4.90 Å². The lowest BCUT2D eigenvalue weighted by Gasteiger charge is -2.27. The molecule has 0 aliphatic carbocycles. The van der Waals surface area contributed by atoms with Gasteiger partial charge >= 0.3 is 6.03 Å². The summed E-state index contributed by atoms with van der Waals surface area (Å²) in [7, 11) is 0. The fourth-order valence-corrected chi connectivity index (χ4v) is 3.46. The molecule has 1 N–H and O–H groups in total. The molecule has 0 unspecified atom stereocenters. The SMILES string of the molecule is CCCN(CC(=O)N(Cc1ccccc1)Cc1ccco1)C(=O)Nc1ccccc1OCC. The molecule has 0 saturated heterocycles. The van der Waals surface area contributed by atoms with E-state index in [1.54, 1.807) is 29.4 Å². The molecule has 0 radical (unpaired) electrons. The number of carbonyl (C=O) groups excluding carboxylic acids is 2. The molecule has 0 spiro atoms. The lowest BCUT2D eigenvalue weighted by atomic mass is 10.2. The van der Waals surface area contributed by atoms with E-state index in [1.807, 2.05) is 62.4 Å². The van der Waals surface area contributed by atoms with Crippen molar-refractivity contribution in [1.29, 1.82) is 0 Å². The zero-order valence-electron chi connectivity index (χ0n) is 19.2. The minimum absolute atomic E-state index is 0.0377. The van der Waals surface area contributed by atoms with Gasteiger partial charge in [-0.25, -0.2) is 4.79 Å². The van der Waals surface area contributed by atoms with Gasteiger partial charge in [0.05, 0.1) is 25.1 Å². The minimum atomic E-state index is -0.338. The van der Waals surface area contributed by atoms with E-state index in [-0.39, 0.29) is 18.5 Å². The number of nitrogens with one attached hydrogen (secondary N) is 1. The third-order valence-electron chi connectivity index (χ3n) is 5.03. The number of hydrogen-bond acceptors (Lipinski definition) is 4. The maximum absolute atomic E-state index is 13.3. The Labute approximate surface area is 194 Å². The molecule has 0 fully saturated rings. The van der Waals surface area contributed by atoms with E-state index in [9.17, 15) is 9.59 Å². The Kier molecular flexibility index (Phi) is 8.94. The van der Waals surface area contributed by atoms with Crippen LogP contribution in [0.15, 0.2) is 77.4 Å². The molecule has 0 bridgehead atoms. The van der Waals surface area contributed by atoms with Crippen molar-refractivity contribution >= 4 is 17.6 Å². The smallest absolute Gasteiger partial charge is 0.322 e. The lowest BCUT2D eigenvalue weighted by Crippen LogP contribution is -2.44. The number of carbonyl (C=O) groups is 2. The summed E-state index contributed by atoms with van der Waals surface area (Å²) in [5.74, 6) is 1.13. The molecule has 174 valence electrons. The van der Waals surface area contributed by atoms with Gasteiger partial charge in [0, 0.05) is 13.1 Å². The van der Waals surface area contributed by atoms with Crippen molar-refractivity contribution in [3.63, 3.8) is 0 Å². The quantitative estimate of drug-likeness (QED) is 0.439. The van der Waals surface area contributed by atoms with Gasteiger partial charge in [-0.2, -0.15) is 0 Å². The maximum atomic E-state index is 13.3. The van der Waals surface area contributed by atoms with Crippen LogP contribution in [0, 0.1) is 0 Å². The van der Waals surface area contributed by atoms with Crippen LogP contribution in [0.4, 0.5) is 10.5 Å². The normalized spacial score (nSPS) is 10.5. The van der Waals surface area contributed by atoms with Gasteiger partial charge in [0.25, 0.3) is 0 Å². The molecule has 3 amide bonds. The van der Waals surface area contributed by atoms with Gasteiger partial charge in [0.2, 0.25) is 5.91 Å². The third-order valence-corrected chi connectivity index (χ3v) is 5.03. The monoisotopic (exact) mass is 449 g/mol. The fourth-order valence-electron chi connectivity index (χ4n) is 3.46. The van der Waals surface area contributed by atoms with Gasteiger partial charge in [-0.3, -0.25) is 4.79 Å². The number of benzene rings is 2. The molecule has 0 aliphatic rings. The van der Waals surface area contributed by atoms with E-state index in [4.69, 9.17) is 9.15 Å². The number of nitrogens with zero attached hydrogens (tertiary/aromatic N) is 2. The molecule has 1 heterocycles. The number of ether oxygens (including phenoxy) is 1. The van der Waals surface area contributed by atoms with Crippen molar-refractivity contribution in [1.82, 2.24) is 9.80 Å². The zero-order chi connectivity index (χ0) is 23.5. The van der Waals surface area contributed by atoms with Crippen molar-refractivity contribution in [2.24, 2.45) is 0 Å². The van der Waals surface area contributed by atoms with E-state index in [0.717, 1.165) is 12.0 Å². The Balaban J connectivity index is 1.73. The van der Waals surface area contributed by atoms with Gasteiger partial charge in [0.1, 0.15) is 18.1 Å². The number of amides is 3. The second-order valence-corrected chi connectivity index (χ2v) is 7.60. The van der Waals surface area contributed by atoms with E-state index in [0.29, 0.717) is 43.4 Å². The second kappa shape index (κ2) is 12.3. The molecule has 2 aromatic carbocycles. The van der Waals surface area contributed by atoms with Crippen molar-refractivity contribution in [2.45, 2.75) is 33.4 Å². The third kappa shape index (κ3) is 7.14. The lowest BCUT2D eigenvalue weighted by molar-refractivity contribution is -0.133. The predicted molar refractivity (Wildman–Crippen MR) is 128 cm³/mol. The standard InChI is InChI=1S/C26H31N3O4/c1-3-16-28(26(31)27-23-14-8-9-15-24(23)32-4-2)20-25(30)29(19-22-13-10-17-33-22)18-21-11-6-5-7-12-21/h5-15,17H,3-4,16,18-20H2,1-2H3,(H,27,31). The summed E-state index contributed by atoms with van der Waals surface area (Å²) in [6, 6.07) is 20.3. The van der Waals surface area contributed by atoms with Gasteiger partial charge < -0.3 is 24.3 Å². The van der Waals surface area contributed by atoms with Crippen LogP contribution in [-0.2, 0) is 17.9 Å². The Bertz CT molecular complexity index is 1010. The number of furan rings is 1. The highest BCUT2D eigenvalue weighted by Crippen LogP contribution is 2.24. The van der Waals surface area contributed by atoms with E-state index in [2.05, 4.69) is 5.32 Å². The first-order chi connectivity index (χ1) is 16.1. The molecule has 0 saturated carbocycles. The van der Waals surface area contributed by atoms with Gasteiger partial charge in [-0.15, -0.1) is 0 Å². The summed E-state index contributed by atoms with van der Waals surface area (Å²) < 4.78 is 11.1. The highest BCUT2D eigenvalue weighted by atomic mass is 16.5. The van der Waals surface area contributed by atoms with Crippen LogP contribution in [-0.4, -0.2) is 41.4 Å². The maximum Gasteiger partial charge on any atom is 0.322 e. The number of hydrogen-bond donors (Lipinski definition) is 1. The Morgan fingerprint density at radius 1 is 0.909 bits per heavy atom. The molecule has 1 aromatic heterocycles. The molecule has 3 aromatic rings. The van der Waals surface area contributed by atoms with Crippen LogP contribution in [0.1, 0.15) is 31.6 Å². The fraction of sp³-hybridized carbons (Fsp3) is 0.308. The van der Waals surface area contributed by atoms with Gasteiger partial charge in [-0.05, 0) is 43.2 Å². The molecular weight excluding hydrogens is 418 g/mol. The van der Waals surface area contributed by atoms with Gasteiger partial charge in [-0.1, -0.05) is 49.4 Å². The minimum Gasteiger partial charge on any atom is -0.492 e. The van der Waals surface area contributed by atoms with Crippen molar-refractivity contribution < 1.29 is 18.7 Å². The molecule has 7 nitrogen and oxygen atoms in total. The van der Waals surface area contributed by atoms with Gasteiger partial charge in [0.15, 0.2) is 0 Å². The van der Waals surface area contributed by atoms with Crippen LogP contribution < -0.4 is 10.1 Å². The molecule has 0 atom stereocenters. The summed E-state index contributed by atoms with van der Waals surface area (Å²) in [6.45, 7) is 5.53. The van der Waals surface area contributed by atoms with Crippen LogP contribution in [0.2, 0.25) is 0 Å². The Hall–Kier alpha value is -3.74. The largest absolute Gasteiger partial charge is 0.492 e. The highest BCUT2D eigenvalue weighted by Gasteiger charge is 2.23. The first kappa shape index (κ1) is 23.9. The number of para-hydroxylation sites is 2. The average Bonchev–Trinajstić information content (AvgIpc) is 3.33. The van der Waals surface area contributed by atoms with E-state index < -0.39 is 0 Å². The first-order valence-corrected chi connectivity index (χ1v) is 11.2. The number of urea groups is 1. The summed E-state index contributed by atoms with van der Waals surface area (Å²) in [5, 5.41) is 2.89. The van der Waals surface area contributed by atoms with Crippen molar-refractivity contribution in [3.05, 3.63) is 84.3 Å². The topological polar surface area (TPSA) is 75.0 Å². The van der Waals surface area contributed by atoms with Crippen molar-refractivity contribution in [3.8, 4) is 5.75 Å². The second-order valence-electron chi connectivity index (χ2n) is 7.60. The van der Waals surface area contributed by atoms with Crippen LogP contribution >= 0.6 is 0 Å². The Morgan fingerprint density at radius 2 is 1.67 bits per heavy atom. The summed E-state index contributed by atoms with van der Waals surface area (Å²) in [5.41, 5.74) is 1.59. The molecule has 3 rings (SSSR count).